The Morgan fingerprint density at radius 3 is 2.59 bits per heavy atom. The van der Waals surface area contributed by atoms with Crippen LogP contribution in [0.5, 0.6) is 0 Å². The summed E-state index contributed by atoms with van der Waals surface area (Å²) in [6.07, 6.45) is 0.682. The quantitative estimate of drug-likeness (QED) is 0.767. The number of nitrogens with one attached hydrogen (secondary N) is 1. The summed E-state index contributed by atoms with van der Waals surface area (Å²) in [6, 6.07) is 4.45. The molecule has 124 valence electrons. The SMILES string of the molecule is COCCC(C)NC(=O)c1ccc(Br)c(S(=O)(=O)N(C)C)c1. The van der Waals surface area contributed by atoms with Crippen molar-refractivity contribution in [1.82, 2.24) is 9.62 Å². The zero-order valence-electron chi connectivity index (χ0n) is 13.1. The van der Waals surface area contributed by atoms with Gasteiger partial charge in [0.2, 0.25) is 10.0 Å². The lowest BCUT2D eigenvalue weighted by Crippen LogP contribution is -2.33. The van der Waals surface area contributed by atoms with E-state index in [1.54, 1.807) is 19.2 Å². The minimum Gasteiger partial charge on any atom is -0.385 e. The molecule has 0 heterocycles. The normalized spacial score (nSPS) is 13.2. The molecule has 0 aliphatic rings. The van der Waals surface area contributed by atoms with E-state index >= 15 is 0 Å². The first-order chi connectivity index (χ1) is 10.2. The minimum absolute atomic E-state index is 0.0645. The van der Waals surface area contributed by atoms with Crippen LogP contribution in [0.25, 0.3) is 0 Å². The summed E-state index contributed by atoms with van der Waals surface area (Å²) < 4.78 is 31.0. The van der Waals surface area contributed by atoms with Crippen molar-refractivity contribution in [1.29, 1.82) is 0 Å². The van der Waals surface area contributed by atoms with E-state index < -0.39 is 10.0 Å². The summed E-state index contributed by atoms with van der Waals surface area (Å²) >= 11 is 3.21. The molecule has 0 aliphatic carbocycles. The van der Waals surface area contributed by atoms with Gasteiger partial charge in [-0.3, -0.25) is 4.79 Å². The number of benzene rings is 1. The lowest BCUT2D eigenvalue weighted by Gasteiger charge is -2.16. The summed E-state index contributed by atoms with van der Waals surface area (Å²) in [6.45, 7) is 2.41. The van der Waals surface area contributed by atoms with Crippen LogP contribution in [0.3, 0.4) is 0 Å². The monoisotopic (exact) mass is 392 g/mol. The Balaban J connectivity index is 3.01. The molecule has 0 fully saturated rings. The molecule has 0 saturated heterocycles. The van der Waals surface area contributed by atoms with Crippen molar-refractivity contribution in [3.63, 3.8) is 0 Å². The van der Waals surface area contributed by atoms with Gasteiger partial charge in [-0.2, -0.15) is 0 Å². The molecule has 0 bridgehead atoms. The third kappa shape index (κ3) is 4.77. The van der Waals surface area contributed by atoms with Crippen LogP contribution in [0.15, 0.2) is 27.6 Å². The molecule has 0 aliphatic heterocycles. The number of ether oxygens (including phenoxy) is 1. The number of halogens is 1. The number of hydrogen-bond donors (Lipinski definition) is 1. The lowest BCUT2D eigenvalue weighted by atomic mass is 10.2. The van der Waals surface area contributed by atoms with Gasteiger partial charge in [-0.05, 0) is 47.5 Å². The Labute approximate surface area is 140 Å². The van der Waals surface area contributed by atoms with Gasteiger partial charge in [-0.15, -0.1) is 0 Å². The van der Waals surface area contributed by atoms with Crippen LogP contribution in [0.1, 0.15) is 23.7 Å². The van der Waals surface area contributed by atoms with E-state index in [1.807, 2.05) is 6.92 Å². The second kappa shape index (κ2) is 8.05. The predicted octanol–water partition coefficient (Wildman–Crippen LogP) is 1.85. The fraction of sp³-hybridized carbons (Fsp3) is 0.500. The topological polar surface area (TPSA) is 75.7 Å². The van der Waals surface area contributed by atoms with Crippen molar-refractivity contribution in [2.75, 3.05) is 27.8 Å². The highest BCUT2D eigenvalue weighted by molar-refractivity contribution is 9.10. The van der Waals surface area contributed by atoms with E-state index in [1.165, 1.54) is 20.2 Å². The molecule has 6 nitrogen and oxygen atoms in total. The van der Waals surface area contributed by atoms with E-state index in [0.717, 1.165) is 4.31 Å². The van der Waals surface area contributed by atoms with Crippen LogP contribution >= 0.6 is 15.9 Å². The van der Waals surface area contributed by atoms with Gasteiger partial charge in [0, 0.05) is 43.9 Å². The summed E-state index contributed by atoms with van der Waals surface area (Å²) in [7, 11) is 0.871. The number of carbonyl (C=O) groups is 1. The number of carbonyl (C=O) groups excluding carboxylic acids is 1. The van der Waals surface area contributed by atoms with Gasteiger partial charge in [-0.25, -0.2) is 12.7 Å². The Morgan fingerprint density at radius 2 is 2.05 bits per heavy atom. The highest BCUT2D eigenvalue weighted by Crippen LogP contribution is 2.25. The molecule has 0 spiro atoms. The van der Waals surface area contributed by atoms with E-state index in [4.69, 9.17) is 4.74 Å². The summed E-state index contributed by atoms with van der Waals surface area (Å²) in [5.41, 5.74) is 0.299. The smallest absolute Gasteiger partial charge is 0.251 e. The third-order valence-electron chi connectivity index (χ3n) is 3.08. The molecule has 1 amide bonds. The number of hydrogen-bond acceptors (Lipinski definition) is 4. The van der Waals surface area contributed by atoms with Crippen LogP contribution < -0.4 is 5.32 Å². The molecule has 8 heteroatoms. The van der Waals surface area contributed by atoms with Crippen molar-refractivity contribution >= 4 is 31.9 Å². The Bertz CT molecular complexity index is 632. The van der Waals surface area contributed by atoms with Crippen molar-refractivity contribution in [2.45, 2.75) is 24.3 Å². The standard InChI is InChI=1S/C14H21BrN2O4S/c1-10(7-8-21-4)16-14(18)11-5-6-12(15)13(9-11)22(19,20)17(2)3/h5-6,9-10H,7-8H2,1-4H3,(H,16,18). The van der Waals surface area contributed by atoms with Gasteiger partial charge < -0.3 is 10.1 Å². The fourth-order valence-electron chi connectivity index (χ4n) is 1.71. The molecular weight excluding hydrogens is 372 g/mol. The summed E-state index contributed by atoms with van der Waals surface area (Å²) in [5.74, 6) is -0.314. The molecule has 1 aromatic carbocycles. The van der Waals surface area contributed by atoms with E-state index in [2.05, 4.69) is 21.2 Å². The zero-order chi connectivity index (χ0) is 16.9. The fourth-order valence-corrected chi connectivity index (χ4v) is 3.56. The molecule has 0 radical (unpaired) electrons. The number of sulfonamides is 1. The Hall–Kier alpha value is -0.960. The van der Waals surface area contributed by atoms with E-state index in [0.29, 0.717) is 23.1 Å². The van der Waals surface area contributed by atoms with Gasteiger partial charge in [0.15, 0.2) is 0 Å². The minimum atomic E-state index is -3.62. The average molecular weight is 393 g/mol. The number of nitrogens with zero attached hydrogens (tertiary/aromatic N) is 1. The van der Waals surface area contributed by atoms with Crippen molar-refractivity contribution in [3.05, 3.63) is 28.2 Å². The zero-order valence-corrected chi connectivity index (χ0v) is 15.5. The first kappa shape index (κ1) is 19.1. The maximum atomic E-state index is 12.2. The first-order valence-corrected chi connectivity index (χ1v) is 8.95. The van der Waals surface area contributed by atoms with Gasteiger partial charge in [0.05, 0.1) is 4.90 Å². The van der Waals surface area contributed by atoms with Gasteiger partial charge in [0.25, 0.3) is 5.91 Å². The molecule has 1 N–H and O–H groups in total. The molecule has 1 atom stereocenters. The van der Waals surface area contributed by atoms with Crippen LogP contribution in [-0.4, -0.2) is 52.5 Å². The summed E-state index contributed by atoms with van der Waals surface area (Å²) in [5, 5.41) is 2.82. The molecule has 0 aromatic heterocycles. The van der Waals surface area contributed by atoms with E-state index in [-0.39, 0.29) is 16.8 Å². The maximum absolute atomic E-state index is 12.2. The molecular formula is C14H21BrN2O4S. The maximum Gasteiger partial charge on any atom is 0.251 e. The van der Waals surface area contributed by atoms with Crippen LogP contribution in [-0.2, 0) is 14.8 Å². The third-order valence-corrected chi connectivity index (χ3v) is 5.89. The highest BCUT2D eigenvalue weighted by Gasteiger charge is 2.22. The largest absolute Gasteiger partial charge is 0.385 e. The number of methoxy groups -OCH3 is 1. The van der Waals surface area contributed by atoms with Gasteiger partial charge in [0.1, 0.15) is 0 Å². The second-order valence-corrected chi connectivity index (χ2v) is 8.06. The lowest BCUT2D eigenvalue weighted by molar-refractivity contribution is 0.0929. The van der Waals surface area contributed by atoms with E-state index in [9.17, 15) is 13.2 Å². The van der Waals surface area contributed by atoms with Crippen molar-refractivity contribution in [3.8, 4) is 0 Å². The Morgan fingerprint density at radius 1 is 1.41 bits per heavy atom. The van der Waals surface area contributed by atoms with Gasteiger partial charge >= 0.3 is 0 Å². The highest BCUT2D eigenvalue weighted by atomic mass is 79.9. The second-order valence-electron chi connectivity index (χ2n) is 5.09. The first-order valence-electron chi connectivity index (χ1n) is 6.72. The Kier molecular flexibility index (Phi) is 6.98. The van der Waals surface area contributed by atoms with Crippen molar-refractivity contribution in [2.24, 2.45) is 0 Å². The number of rotatable bonds is 7. The molecule has 22 heavy (non-hydrogen) atoms. The number of amides is 1. The van der Waals surface area contributed by atoms with Gasteiger partial charge in [-0.1, -0.05) is 0 Å². The van der Waals surface area contributed by atoms with Crippen LogP contribution in [0, 0.1) is 0 Å². The van der Waals surface area contributed by atoms with Crippen LogP contribution in [0.2, 0.25) is 0 Å². The molecule has 1 unspecified atom stereocenters. The molecule has 1 rings (SSSR count). The molecule has 0 saturated carbocycles. The average Bonchev–Trinajstić information content (AvgIpc) is 2.44. The van der Waals surface area contributed by atoms with Crippen LogP contribution in [0.4, 0.5) is 0 Å². The molecule has 1 aromatic rings. The van der Waals surface area contributed by atoms with Crippen molar-refractivity contribution < 1.29 is 17.9 Å². The predicted molar refractivity (Wildman–Crippen MR) is 88.4 cm³/mol. The summed E-state index contributed by atoms with van der Waals surface area (Å²) in [4.78, 5) is 12.3.